The number of ether oxygens (including phenoxy) is 4. The van der Waals surface area contributed by atoms with Crippen LogP contribution in [-0.4, -0.2) is 54.5 Å². The van der Waals surface area contributed by atoms with E-state index in [4.69, 9.17) is 30.5 Å². The smallest absolute Gasteiger partial charge is 0.341 e. The lowest BCUT2D eigenvalue weighted by molar-refractivity contribution is 0.0480. The van der Waals surface area contributed by atoms with E-state index in [9.17, 15) is 14.4 Å². The van der Waals surface area contributed by atoms with E-state index in [2.05, 4.69) is 4.98 Å². The Bertz CT molecular complexity index is 1530. The van der Waals surface area contributed by atoms with Crippen LogP contribution in [-0.2, 0) is 9.47 Å². The number of carbonyl (C=O) groups is 3. The van der Waals surface area contributed by atoms with Crippen LogP contribution in [0.2, 0.25) is 5.02 Å². The number of hydrogen-bond acceptors (Lipinski definition) is 8. The van der Waals surface area contributed by atoms with Gasteiger partial charge in [-0.1, -0.05) is 11.6 Å². The van der Waals surface area contributed by atoms with Gasteiger partial charge in [0.25, 0.3) is 0 Å². The zero-order chi connectivity index (χ0) is 27.4. The molecule has 4 rings (SSSR count). The third-order valence-corrected chi connectivity index (χ3v) is 6.04. The summed E-state index contributed by atoms with van der Waals surface area (Å²) >= 11 is 6.00. The molecule has 0 N–H and O–H groups in total. The van der Waals surface area contributed by atoms with Crippen molar-refractivity contribution in [3.05, 3.63) is 82.3 Å². The number of carbonyl (C=O) groups excluding carboxylic acids is 3. The van der Waals surface area contributed by atoms with E-state index in [-0.39, 0.29) is 41.1 Å². The summed E-state index contributed by atoms with van der Waals surface area (Å²) in [4.78, 5) is 44.6. The molecule has 0 bridgehead atoms. The zero-order valence-corrected chi connectivity index (χ0v) is 22.0. The summed E-state index contributed by atoms with van der Waals surface area (Å²) in [6.45, 7) is 3.38. The van der Waals surface area contributed by atoms with E-state index < -0.39 is 17.7 Å². The number of halogens is 1. The molecule has 4 aromatic rings. The average molecular weight is 537 g/mol. The predicted molar refractivity (Wildman–Crippen MR) is 141 cm³/mol. The SMILES string of the molecule is CCOC(=O)c1c(C(=O)OCC)c2cc(-c3ccc(OC)c(OC)c3)ncn2c1C(=O)c1ccc(Cl)cc1. The fourth-order valence-corrected chi connectivity index (χ4v) is 4.21. The van der Waals surface area contributed by atoms with Crippen LogP contribution in [0, 0.1) is 0 Å². The van der Waals surface area contributed by atoms with Gasteiger partial charge in [0, 0.05) is 16.1 Å². The molecule has 0 fully saturated rings. The molecule has 0 atom stereocenters. The van der Waals surface area contributed by atoms with Crippen LogP contribution < -0.4 is 9.47 Å². The summed E-state index contributed by atoms with van der Waals surface area (Å²) in [7, 11) is 3.05. The van der Waals surface area contributed by atoms with Gasteiger partial charge >= 0.3 is 11.9 Å². The number of rotatable bonds is 9. The highest BCUT2D eigenvalue weighted by Crippen LogP contribution is 2.34. The fraction of sp³-hybridized carbons (Fsp3) is 0.214. The third-order valence-electron chi connectivity index (χ3n) is 5.79. The first-order chi connectivity index (χ1) is 18.3. The van der Waals surface area contributed by atoms with Gasteiger partial charge in [-0.3, -0.25) is 9.20 Å². The van der Waals surface area contributed by atoms with E-state index in [1.54, 1.807) is 50.2 Å². The van der Waals surface area contributed by atoms with Crippen LogP contribution in [0.25, 0.3) is 16.8 Å². The van der Waals surface area contributed by atoms with Gasteiger partial charge in [-0.2, -0.15) is 0 Å². The molecule has 0 spiro atoms. The van der Waals surface area contributed by atoms with Gasteiger partial charge in [0.2, 0.25) is 5.78 Å². The predicted octanol–water partition coefficient (Wildman–Crippen LogP) is 5.26. The van der Waals surface area contributed by atoms with Gasteiger partial charge in [-0.15, -0.1) is 0 Å². The summed E-state index contributed by atoms with van der Waals surface area (Å²) in [6.07, 6.45) is 1.38. The number of methoxy groups -OCH3 is 2. The molecule has 0 aliphatic rings. The van der Waals surface area contributed by atoms with Crippen LogP contribution in [0.3, 0.4) is 0 Å². The summed E-state index contributed by atoms with van der Waals surface area (Å²) in [5.41, 5.74) is 1.27. The highest BCUT2D eigenvalue weighted by molar-refractivity contribution is 6.30. The lowest BCUT2D eigenvalue weighted by Crippen LogP contribution is -2.16. The summed E-state index contributed by atoms with van der Waals surface area (Å²) in [5.74, 6) is -1.10. The van der Waals surface area contributed by atoms with E-state index in [0.29, 0.717) is 27.8 Å². The first-order valence-corrected chi connectivity index (χ1v) is 12.1. The Labute approximate surface area is 223 Å². The molecule has 0 unspecified atom stereocenters. The fourth-order valence-electron chi connectivity index (χ4n) is 4.08. The maximum absolute atomic E-state index is 13.7. The van der Waals surface area contributed by atoms with Gasteiger partial charge in [-0.25, -0.2) is 14.6 Å². The number of benzene rings is 2. The average Bonchev–Trinajstić information content (AvgIpc) is 3.27. The maximum Gasteiger partial charge on any atom is 0.341 e. The number of fused-ring (bicyclic) bond motifs is 1. The zero-order valence-electron chi connectivity index (χ0n) is 21.2. The molecule has 196 valence electrons. The first-order valence-electron chi connectivity index (χ1n) is 11.7. The Kier molecular flexibility index (Phi) is 7.97. The molecule has 0 radical (unpaired) electrons. The Balaban J connectivity index is 2.02. The molecule has 0 saturated heterocycles. The molecular weight excluding hydrogens is 512 g/mol. The number of aromatic nitrogens is 2. The van der Waals surface area contributed by atoms with Crippen molar-refractivity contribution in [2.75, 3.05) is 27.4 Å². The molecule has 0 aliphatic carbocycles. The van der Waals surface area contributed by atoms with Crippen molar-refractivity contribution in [1.29, 1.82) is 0 Å². The minimum atomic E-state index is -0.829. The number of hydrogen-bond donors (Lipinski definition) is 0. The Morgan fingerprint density at radius 3 is 2.08 bits per heavy atom. The highest BCUT2D eigenvalue weighted by Gasteiger charge is 2.34. The summed E-state index contributed by atoms with van der Waals surface area (Å²) in [6, 6.07) is 13.0. The quantitative estimate of drug-likeness (QED) is 0.211. The second kappa shape index (κ2) is 11.4. The molecular formula is C28H25ClN2O7. The van der Waals surface area contributed by atoms with Gasteiger partial charge in [0.1, 0.15) is 23.1 Å². The lowest BCUT2D eigenvalue weighted by Gasteiger charge is -2.10. The molecule has 0 amide bonds. The maximum atomic E-state index is 13.7. The minimum Gasteiger partial charge on any atom is -0.493 e. The Morgan fingerprint density at radius 1 is 0.842 bits per heavy atom. The molecule has 0 saturated carbocycles. The van der Waals surface area contributed by atoms with E-state index in [1.165, 1.54) is 37.1 Å². The third kappa shape index (κ3) is 4.92. The van der Waals surface area contributed by atoms with Crippen LogP contribution in [0.15, 0.2) is 54.9 Å². The molecule has 2 aromatic carbocycles. The van der Waals surface area contributed by atoms with Gasteiger partial charge < -0.3 is 18.9 Å². The topological polar surface area (TPSA) is 105 Å². The molecule has 9 nitrogen and oxygen atoms in total. The summed E-state index contributed by atoms with van der Waals surface area (Å²) in [5, 5.41) is 0.445. The standard InChI is InChI=1S/C28H25ClN2O7/c1-5-37-27(33)23-20-14-19(17-9-12-21(35-3)22(13-17)36-4)30-15-31(20)25(24(23)28(34)38-6-2)26(32)16-7-10-18(29)11-8-16/h7-15H,5-6H2,1-4H3. The van der Waals surface area contributed by atoms with Crippen molar-refractivity contribution in [2.24, 2.45) is 0 Å². The van der Waals surface area contributed by atoms with E-state index >= 15 is 0 Å². The van der Waals surface area contributed by atoms with Crippen molar-refractivity contribution >= 4 is 34.8 Å². The second-order valence-corrected chi connectivity index (χ2v) is 8.41. The van der Waals surface area contributed by atoms with Crippen LogP contribution in [0.4, 0.5) is 0 Å². The van der Waals surface area contributed by atoms with Crippen LogP contribution in [0.5, 0.6) is 11.5 Å². The first kappa shape index (κ1) is 26.7. The van der Waals surface area contributed by atoms with E-state index in [1.807, 2.05) is 0 Å². The molecule has 0 aliphatic heterocycles. The number of ketones is 1. The van der Waals surface area contributed by atoms with Crippen LogP contribution in [0.1, 0.15) is 50.6 Å². The Hall–Kier alpha value is -4.37. The second-order valence-electron chi connectivity index (χ2n) is 7.97. The van der Waals surface area contributed by atoms with Crippen molar-refractivity contribution in [3.63, 3.8) is 0 Å². The van der Waals surface area contributed by atoms with Crippen molar-refractivity contribution in [3.8, 4) is 22.8 Å². The normalized spacial score (nSPS) is 10.8. The molecule has 10 heteroatoms. The largest absolute Gasteiger partial charge is 0.493 e. The lowest BCUT2D eigenvalue weighted by atomic mass is 10.0. The summed E-state index contributed by atoms with van der Waals surface area (Å²) < 4.78 is 22.7. The Morgan fingerprint density at radius 2 is 1.47 bits per heavy atom. The molecule has 2 aromatic heterocycles. The number of esters is 2. The van der Waals surface area contributed by atoms with Crippen molar-refractivity contribution < 1.29 is 33.3 Å². The minimum absolute atomic E-state index is 0.0387. The van der Waals surface area contributed by atoms with Gasteiger partial charge in [-0.05, 0) is 62.4 Å². The van der Waals surface area contributed by atoms with Gasteiger partial charge in [0.15, 0.2) is 11.5 Å². The van der Waals surface area contributed by atoms with Crippen molar-refractivity contribution in [1.82, 2.24) is 9.38 Å². The molecule has 38 heavy (non-hydrogen) atoms. The molecule has 2 heterocycles. The van der Waals surface area contributed by atoms with Gasteiger partial charge in [0.05, 0.1) is 38.6 Å². The van der Waals surface area contributed by atoms with Crippen LogP contribution >= 0.6 is 11.6 Å². The number of nitrogens with zero attached hydrogens (tertiary/aromatic N) is 2. The monoisotopic (exact) mass is 536 g/mol. The van der Waals surface area contributed by atoms with E-state index in [0.717, 1.165) is 0 Å². The highest BCUT2D eigenvalue weighted by atomic mass is 35.5. The van der Waals surface area contributed by atoms with Crippen molar-refractivity contribution in [2.45, 2.75) is 13.8 Å².